The lowest BCUT2D eigenvalue weighted by molar-refractivity contribution is -0.139. The number of nitrogens with zero attached hydrogens (tertiary/aromatic N) is 2. The molecule has 0 atom stereocenters. The predicted molar refractivity (Wildman–Crippen MR) is 90.8 cm³/mol. The second-order valence-corrected chi connectivity index (χ2v) is 5.65. The van der Waals surface area contributed by atoms with Crippen molar-refractivity contribution in [1.82, 2.24) is 4.98 Å². The van der Waals surface area contributed by atoms with Gasteiger partial charge >= 0.3 is 5.97 Å². The number of rotatable bonds is 7. The number of hydrogen-bond acceptors (Lipinski definition) is 6. The number of carbonyl (C=O) groups excluding carboxylic acids is 2. The highest BCUT2D eigenvalue weighted by Crippen LogP contribution is 2.17. The third-order valence-electron chi connectivity index (χ3n) is 3.19. The van der Waals surface area contributed by atoms with E-state index in [4.69, 9.17) is 0 Å². The van der Waals surface area contributed by atoms with Gasteiger partial charge < -0.3 is 15.0 Å². The highest BCUT2D eigenvalue weighted by molar-refractivity contribution is 7.13. The van der Waals surface area contributed by atoms with E-state index in [-0.39, 0.29) is 24.8 Å². The van der Waals surface area contributed by atoms with Gasteiger partial charge in [0.15, 0.2) is 5.13 Å². The van der Waals surface area contributed by atoms with Gasteiger partial charge in [-0.3, -0.25) is 9.59 Å². The zero-order chi connectivity index (χ0) is 16.7. The van der Waals surface area contributed by atoms with Gasteiger partial charge in [0.2, 0.25) is 5.91 Å². The zero-order valence-electron chi connectivity index (χ0n) is 13.1. The number of aromatic nitrogens is 1. The van der Waals surface area contributed by atoms with E-state index >= 15 is 0 Å². The second kappa shape index (κ2) is 8.28. The molecule has 0 unspecified atom stereocenters. The van der Waals surface area contributed by atoms with Crippen molar-refractivity contribution in [2.45, 2.75) is 13.3 Å². The van der Waals surface area contributed by atoms with Crippen LogP contribution < -0.4 is 10.2 Å². The van der Waals surface area contributed by atoms with Gasteiger partial charge in [0.1, 0.15) is 0 Å². The lowest BCUT2D eigenvalue weighted by atomic mass is 10.3. The smallest absolute Gasteiger partial charge is 0.311 e. The largest absolute Gasteiger partial charge is 0.469 e. The van der Waals surface area contributed by atoms with Crippen molar-refractivity contribution < 1.29 is 14.3 Å². The first-order valence-corrected chi connectivity index (χ1v) is 8.11. The number of methoxy groups -OCH3 is 1. The van der Waals surface area contributed by atoms with Gasteiger partial charge in [-0.05, 0) is 19.1 Å². The topological polar surface area (TPSA) is 71.5 Å². The molecule has 23 heavy (non-hydrogen) atoms. The lowest BCUT2D eigenvalue weighted by Crippen LogP contribution is -2.33. The quantitative estimate of drug-likeness (QED) is 0.787. The minimum Gasteiger partial charge on any atom is -0.469 e. The fourth-order valence-corrected chi connectivity index (χ4v) is 2.75. The number of likely N-dealkylation sites (N-methyl/N-ethyl adjacent to an activating group) is 1. The summed E-state index contributed by atoms with van der Waals surface area (Å²) in [5.41, 5.74) is 1.59. The molecule has 0 fully saturated rings. The van der Waals surface area contributed by atoms with Crippen LogP contribution in [0.5, 0.6) is 0 Å². The van der Waals surface area contributed by atoms with Gasteiger partial charge in [0.25, 0.3) is 0 Å². The third-order valence-corrected chi connectivity index (χ3v) is 4.00. The van der Waals surface area contributed by atoms with Crippen molar-refractivity contribution in [3.63, 3.8) is 0 Å². The number of benzene rings is 1. The van der Waals surface area contributed by atoms with E-state index in [0.717, 1.165) is 12.2 Å². The standard InChI is InChI=1S/C16H19N3O3S/c1-3-19(13-7-5-4-6-8-13)10-14(20)18-16-17-12(11-23-16)9-15(21)22-2/h4-8,11H,3,9-10H2,1-2H3,(H,17,18,20). The van der Waals surface area contributed by atoms with E-state index < -0.39 is 0 Å². The summed E-state index contributed by atoms with van der Waals surface area (Å²) in [6.45, 7) is 2.97. The Bertz CT molecular complexity index is 658. The van der Waals surface area contributed by atoms with Crippen LogP contribution in [0, 0.1) is 0 Å². The van der Waals surface area contributed by atoms with Crippen LogP contribution in [-0.4, -0.2) is 37.1 Å². The molecule has 6 nitrogen and oxygen atoms in total. The number of carbonyl (C=O) groups is 2. The normalized spacial score (nSPS) is 10.2. The van der Waals surface area contributed by atoms with Crippen molar-refractivity contribution in [3.8, 4) is 0 Å². The highest BCUT2D eigenvalue weighted by atomic mass is 32.1. The summed E-state index contributed by atoms with van der Waals surface area (Å²) in [4.78, 5) is 29.5. The monoisotopic (exact) mass is 333 g/mol. The third kappa shape index (κ3) is 5.07. The fourth-order valence-electron chi connectivity index (χ4n) is 2.02. The molecular formula is C16H19N3O3S. The second-order valence-electron chi connectivity index (χ2n) is 4.79. The number of thiazole rings is 1. The van der Waals surface area contributed by atoms with E-state index in [2.05, 4.69) is 15.0 Å². The summed E-state index contributed by atoms with van der Waals surface area (Å²) in [6.07, 6.45) is 0.105. The molecule has 0 radical (unpaired) electrons. The molecule has 122 valence electrons. The molecule has 7 heteroatoms. The van der Waals surface area contributed by atoms with Crippen molar-refractivity contribution >= 4 is 34.0 Å². The summed E-state index contributed by atoms with van der Waals surface area (Å²) in [7, 11) is 1.33. The van der Waals surface area contributed by atoms with Crippen molar-refractivity contribution in [2.75, 3.05) is 30.4 Å². The van der Waals surface area contributed by atoms with Crippen LogP contribution in [0.1, 0.15) is 12.6 Å². The van der Waals surface area contributed by atoms with E-state index in [0.29, 0.717) is 10.8 Å². The molecule has 1 aromatic carbocycles. The van der Waals surface area contributed by atoms with Crippen molar-refractivity contribution in [1.29, 1.82) is 0 Å². The molecule has 0 aliphatic heterocycles. The summed E-state index contributed by atoms with van der Waals surface area (Å²) in [6, 6.07) is 9.75. The first kappa shape index (κ1) is 17.0. The molecule has 1 heterocycles. The summed E-state index contributed by atoms with van der Waals surface area (Å²) >= 11 is 1.29. The Morgan fingerprint density at radius 3 is 2.70 bits per heavy atom. The first-order valence-electron chi connectivity index (χ1n) is 7.23. The molecular weight excluding hydrogens is 314 g/mol. The number of anilines is 2. The van der Waals surface area contributed by atoms with E-state index in [1.54, 1.807) is 5.38 Å². The van der Waals surface area contributed by atoms with Gasteiger partial charge in [-0.2, -0.15) is 0 Å². The number of esters is 1. The Kier molecular flexibility index (Phi) is 6.10. The highest BCUT2D eigenvalue weighted by Gasteiger charge is 2.13. The van der Waals surface area contributed by atoms with Crippen LogP contribution in [0.2, 0.25) is 0 Å². The maximum atomic E-state index is 12.2. The molecule has 2 rings (SSSR count). The molecule has 0 saturated carbocycles. The number of para-hydroxylation sites is 1. The minimum absolute atomic E-state index is 0.105. The molecule has 0 saturated heterocycles. The van der Waals surface area contributed by atoms with Crippen molar-refractivity contribution in [3.05, 3.63) is 41.4 Å². The molecule has 0 spiro atoms. The molecule has 1 N–H and O–H groups in total. The average molecular weight is 333 g/mol. The minimum atomic E-state index is -0.352. The fraction of sp³-hybridized carbons (Fsp3) is 0.312. The number of hydrogen-bond donors (Lipinski definition) is 1. The van der Waals surface area contributed by atoms with Gasteiger partial charge in [-0.25, -0.2) is 4.98 Å². The van der Waals surface area contributed by atoms with Crippen molar-refractivity contribution in [2.24, 2.45) is 0 Å². The maximum absolute atomic E-state index is 12.2. The lowest BCUT2D eigenvalue weighted by Gasteiger charge is -2.21. The Balaban J connectivity index is 1.92. The number of amides is 1. The first-order chi connectivity index (χ1) is 11.1. The summed E-state index contributed by atoms with van der Waals surface area (Å²) < 4.78 is 4.59. The average Bonchev–Trinajstić information content (AvgIpc) is 3.00. The Hall–Kier alpha value is -2.41. The van der Waals surface area contributed by atoms with Crippen LogP contribution in [0.4, 0.5) is 10.8 Å². The Morgan fingerprint density at radius 1 is 1.30 bits per heavy atom. The number of nitrogens with one attached hydrogen (secondary N) is 1. The molecule has 1 amide bonds. The van der Waals surface area contributed by atoms with Crippen LogP contribution in [0.15, 0.2) is 35.7 Å². The van der Waals surface area contributed by atoms with E-state index in [1.807, 2.05) is 42.2 Å². The van der Waals surface area contributed by atoms with Gasteiger partial charge in [0.05, 0.1) is 25.8 Å². The summed E-state index contributed by atoms with van der Waals surface area (Å²) in [5, 5.41) is 4.98. The van der Waals surface area contributed by atoms with E-state index in [9.17, 15) is 9.59 Å². The number of ether oxygens (including phenoxy) is 1. The Labute approximate surface area is 139 Å². The van der Waals surface area contributed by atoms with Crippen LogP contribution in [-0.2, 0) is 20.7 Å². The SMILES string of the molecule is CCN(CC(=O)Nc1nc(CC(=O)OC)cs1)c1ccccc1. The van der Waals surface area contributed by atoms with Gasteiger partial charge in [-0.1, -0.05) is 18.2 Å². The van der Waals surface area contributed by atoms with Crippen LogP contribution in [0.25, 0.3) is 0 Å². The maximum Gasteiger partial charge on any atom is 0.311 e. The van der Waals surface area contributed by atoms with Gasteiger partial charge in [0, 0.05) is 17.6 Å². The van der Waals surface area contributed by atoms with Crippen LogP contribution in [0.3, 0.4) is 0 Å². The summed E-state index contributed by atoms with van der Waals surface area (Å²) in [5.74, 6) is -0.496. The molecule has 0 bridgehead atoms. The van der Waals surface area contributed by atoms with E-state index in [1.165, 1.54) is 18.4 Å². The van der Waals surface area contributed by atoms with Gasteiger partial charge in [-0.15, -0.1) is 11.3 Å². The molecule has 0 aliphatic rings. The molecule has 2 aromatic rings. The Morgan fingerprint density at radius 2 is 2.04 bits per heavy atom. The molecule has 0 aliphatic carbocycles. The zero-order valence-corrected chi connectivity index (χ0v) is 13.9. The predicted octanol–water partition coefficient (Wildman–Crippen LogP) is 2.32. The molecule has 1 aromatic heterocycles. The van der Waals surface area contributed by atoms with Crippen LogP contribution >= 0.6 is 11.3 Å².